The molecule has 5 heteroatoms. The third-order valence-electron chi connectivity index (χ3n) is 4.62. The van der Waals surface area contributed by atoms with Gasteiger partial charge in [-0.05, 0) is 92.4 Å². The SMILES string of the molecule is Cc1cccc(OCCCCOc2ccc(C(=O)Nc3ccc(Cl)cc3C)cc2)c1. The van der Waals surface area contributed by atoms with Crippen LogP contribution in [0.25, 0.3) is 0 Å². The molecule has 1 amide bonds. The minimum Gasteiger partial charge on any atom is -0.494 e. The molecule has 0 radical (unpaired) electrons. The van der Waals surface area contributed by atoms with Crippen LogP contribution in [0.2, 0.25) is 5.02 Å². The van der Waals surface area contributed by atoms with Crippen LogP contribution in [0.15, 0.2) is 66.7 Å². The highest BCUT2D eigenvalue weighted by Crippen LogP contribution is 2.21. The maximum absolute atomic E-state index is 12.4. The standard InChI is InChI=1S/C25H26ClNO3/c1-18-6-5-7-23(16-18)30-15-4-3-14-29-22-11-8-20(9-12-22)25(28)27-24-13-10-21(26)17-19(24)2/h5-13,16-17H,3-4,14-15H2,1-2H3,(H,27,28). The first-order valence-corrected chi connectivity index (χ1v) is 10.4. The first-order valence-electron chi connectivity index (χ1n) is 10.0. The predicted octanol–water partition coefficient (Wildman–Crippen LogP) is 6.45. The molecule has 0 spiro atoms. The second kappa shape index (κ2) is 10.7. The lowest BCUT2D eigenvalue weighted by atomic mass is 10.1. The Labute approximate surface area is 182 Å². The summed E-state index contributed by atoms with van der Waals surface area (Å²) in [5.74, 6) is 1.48. The van der Waals surface area contributed by atoms with E-state index in [2.05, 4.69) is 5.32 Å². The van der Waals surface area contributed by atoms with Gasteiger partial charge in [0.25, 0.3) is 5.91 Å². The van der Waals surface area contributed by atoms with Crippen molar-refractivity contribution in [2.24, 2.45) is 0 Å². The van der Waals surface area contributed by atoms with Crippen molar-refractivity contribution in [1.29, 1.82) is 0 Å². The summed E-state index contributed by atoms with van der Waals surface area (Å²) in [6, 6.07) is 20.6. The van der Waals surface area contributed by atoms with Gasteiger partial charge < -0.3 is 14.8 Å². The number of hydrogen-bond donors (Lipinski definition) is 1. The van der Waals surface area contributed by atoms with Crippen LogP contribution in [0, 0.1) is 13.8 Å². The molecule has 1 N–H and O–H groups in total. The largest absolute Gasteiger partial charge is 0.494 e. The zero-order chi connectivity index (χ0) is 21.3. The van der Waals surface area contributed by atoms with Crippen molar-refractivity contribution in [1.82, 2.24) is 0 Å². The number of anilines is 1. The number of unbranched alkanes of at least 4 members (excludes halogenated alkanes) is 1. The number of ether oxygens (including phenoxy) is 2. The summed E-state index contributed by atoms with van der Waals surface area (Å²) in [5, 5.41) is 3.55. The number of carbonyl (C=O) groups excluding carboxylic acids is 1. The molecule has 0 heterocycles. The molecular formula is C25H26ClNO3. The number of aryl methyl sites for hydroxylation is 2. The summed E-state index contributed by atoms with van der Waals surface area (Å²) in [6.45, 7) is 5.22. The van der Waals surface area contributed by atoms with Crippen LogP contribution in [0.5, 0.6) is 11.5 Å². The van der Waals surface area contributed by atoms with Crippen LogP contribution in [-0.4, -0.2) is 19.1 Å². The fraction of sp³-hybridized carbons (Fsp3) is 0.240. The molecular weight excluding hydrogens is 398 g/mol. The fourth-order valence-corrected chi connectivity index (χ4v) is 3.18. The molecule has 0 aliphatic carbocycles. The predicted molar refractivity (Wildman–Crippen MR) is 122 cm³/mol. The fourth-order valence-electron chi connectivity index (χ4n) is 2.95. The Balaban J connectivity index is 1.39. The number of halogens is 1. The van der Waals surface area contributed by atoms with Gasteiger partial charge >= 0.3 is 0 Å². The molecule has 4 nitrogen and oxygen atoms in total. The smallest absolute Gasteiger partial charge is 0.255 e. The number of hydrogen-bond acceptors (Lipinski definition) is 3. The molecule has 0 unspecified atom stereocenters. The topological polar surface area (TPSA) is 47.6 Å². The molecule has 0 atom stereocenters. The Morgan fingerprint density at radius 3 is 2.23 bits per heavy atom. The van der Waals surface area contributed by atoms with Gasteiger partial charge in [-0.2, -0.15) is 0 Å². The number of amides is 1. The van der Waals surface area contributed by atoms with Crippen LogP contribution < -0.4 is 14.8 Å². The highest BCUT2D eigenvalue weighted by molar-refractivity contribution is 6.30. The maximum atomic E-state index is 12.4. The van der Waals surface area contributed by atoms with Crippen molar-refractivity contribution < 1.29 is 14.3 Å². The molecule has 0 saturated carbocycles. The van der Waals surface area contributed by atoms with E-state index in [-0.39, 0.29) is 5.91 Å². The van der Waals surface area contributed by atoms with Crippen molar-refractivity contribution in [2.45, 2.75) is 26.7 Å². The zero-order valence-corrected chi connectivity index (χ0v) is 18.0. The number of nitrogens with one attached hydrogen (secondary N) is 1. The third-order valence-corrected chi connectivity index (χ3v) is 4.85. The van der Waals surface area contributed by atoms with Crippen LogP contribution in [-0.2, 0) is 0 Å². The Morgan fingerprint density at radius 2 is 1.57 bits per heavy atom. The quantitative estimate of drug-likeness (QED) is 0.402. The molecule has 3 aromatic carbocycles. The van der Waals surface area contributed by atoms with Gasteiger partial charge in [0.05, 0.1) is 13.2 Å². The van der Waals surface area contributed by atoms with E-state index >= 15 is 0 Å². The first-order chi connectivity index (χ1) is 14.5. The molecule has 30 heavy (non-hydrogen) atoms. The highest BCUT2D eigenvalue weighted by Gasteiger charge is 2.08. The average molecular weight is 424 g/mol. The van der Waals surface area contributed by atoms with Crippen LogP contribution in [0.3, 0.4) is 0 Å². The second-order valence-corrected chi connectivity index (χ2v) is 7.59. The first kappa shape index (κ1) is 21.7. The number of rotatable bonds is 9. The van der Waals surface area contributed by atoms with E-state index < -0.39 is 0 Å². The normalized spacial score (nSPS) is 10.5. The Bertz CT molecular complexity index is 986. The maximum Gasteiger partial charge on any atom is 0.255 e. The third kappa shape index (κ3) is 6.53. The zero-order valence-electron chi connectivity index (χ0n) is 17.3. The van der Waals surface area contributed by atoms with Gasteiger partial charge in [0.1, 0.15) is 11.5 Å². The molecule has 0 fully saturated rings. The molecule has 0 aliphatic heterocycles. The van der Waals surface area contributed by atoms with Gasteiger partial charge in [0, 0.05) is 16.3 Å². The van der Waals surface area contributed by atoms with E-state index in [9.17, 15) is 4.79 Å². The summed E-state index contributed by atoms with van der Waals surface area (Å²) in [6.07, 6.45) is 1.80. The van der Waals surface area contributed by atoms with E-state index in [0.29, 0.717) is 23.8 Å². The summed E-state index contributed by atoms with van der Waals surface area (Å²) < 4.78 is 11.5. The van der Waals surface area contributed by atoms with Crippen LogP contribution in [0.1, 0.15) is 34.3 Å². The summed E-state index contributed by atoms with van der Waals surface area (Å²) in [7, 11) is 0. The minimum atomic E-state index is -0.166. The Morgan fingerprint density at radius 1 is 0.867 bits per heavy atom. The molecule has 0 aliphatic rings. The summed E-state index contributed by atoms with van der Waals surface area (Å²) in [4.78, 5) is 12.4. The Hall–Kier alpha value is -2.98. The number of carbonyl (C=O) groups is 1. The van der Waals surface area contributed by atoms with Gasteiger partial charge in [-0.3, -0.25) is 4.79 Å². The van der Waals surface area contributed by atoms with E-state index in [1.54, 1.807) is 24.3 Å². The van der Waals surface area contributed by atoms with Gasteiger partial charge in [-0.1, -0.05) is 23.7 Å². The van der Waals surface area contributed by atoms with E-state index in [4.69, 9.17) is 21.1 Å². The lowest BCUT2D eigenvalue weighted by Crippen LogP contribution is -2.12. The molecule has 156 valence electrons. The van der Waals surface area contributed by atoms with E-state index in [1.807, 2.05) is 56.3 Å². The highest BCUT2D eigenvalue weighted by atomic mass is 35.5. The summed E-state index contributed by atoms with van der Waals surface area (Å²) in [5.41, 5.74) is 3.43. The van der Waals surface area contributed by atoms with Crippen LogP contribution in [0.4, 0.5) is 5.69 Å². The molecule has 3 aromatic rings. The monoisotopic (exact) mass is 423 g/mol. The van der Waals surface area contributed by atoms with Crippen LogP contribution >= 0.6 is 11.6 Å². The van der Waals surface area contributed by atoms with Gasteiger partial charge in [-0.25, -0.2) is 0 Å². The average Bonchev–Trinajstić information content (AvgIpc) is 2.73. The van der Waals surface area contributed by atoms with Crippen molar-refractivity contribution in [2.75, 3.05) is 18.5 Å². The summed E-state index contributed by atoms with van der Waals surface area (Å²) >= 11 is 5.96. The van der Waals surface area contributed by atoms with Gasteiger partial charge in [0.2, 0.25) is 0 Å². The Kier molecular flexibility index (Phi) is 7.75. The van der Waals surface area contributed by atoms with E-state index in [1.165, 1.54) is 5.56 Å². The van der Waals surface area contributed by atoms with Gasteiger partial charge in [0.15, 0.2) is 0 Å². The van der Waals surface area contributed by atoms with Crippen molar-refractivity contribution in [3.63, 3.8) is 0 Å². The molecule has 0 saturated heterocycles. The van der Waals surface area contributed by atoms with Crippen molar-refractivity contribution >= 4 is 23.2 Å². The van der Waals surface area contributed by atoms with E-state index in [0.717, 1.165) is 35.6 Å². The number of benzene rings is 3. The van der Waals surface area contributed by atoms with Crippen molar-refractivity contribution in [3.05, 3.63) is 88.4 Å². The van der Waals surface area contributed by atoms with Crippen molar-refractivity contribution in [3.8, 4) is 11.5 Å². The second-order valence-electron chi connectivity index (χ2n) is 7.16. The minimum absolute atomic E-state index is 0.166. The molecule has 3 rings (SSSR count). The van der Waals surface area contributed by atoms with Gasteiger partial charge in [-0.15, -0.1) is 0 Å². The lowest BCUT2D eigenvalue weighted by molar-refractivity contribution is 0.102. The molecule has 0 aromatic heterocycles. The lowest BCUT2D eigenvalue weighted by Gasteiger charge is -2.10. The molecule has 0 bridgehead atoms.